The minimum absolute atomic E-state index is 0.226. The summed E-state index contributed by atoms with van der Waals surface area (Å²) in [6.07, 6.45) is 0. The smallest absolute Gasteiger partial charge is 0.255 e. The van der Waals surface area contributed by atoms with Crippen molar-refractivity contribution in [3.8, 4) is 5.75 Å². The molecule has 0 bridgehead atoms. The number of anilines is 2. The Morgan fingerprint density at radius 1 is 0.731 bits per heavy atom. The van der Waals surface area contributed by atoms with Crippen LogP contribution in [0.1, 0.15) is 20.7 Å². The number of hydrogen-bond acceptors (Lipinski definition) is 3. The van der Waals surface area contributed by atoms with Crippen molar-refractivity contribution < 1.29 is 14.3 Å². The standard InChI is InChI=1S/C21H18N2O3/c1-26-19-13-12-17(22-20(24)15-8-4-2-5-9-15)14-18(19)23-21(25)16-10-6-3-7-11-16/h2-14H,1H3,(H,22,24)(H,23,25). The van der Waals surface area contributed by atoms with E-state index in [0.717, 1.165) is 0 Å². The molecular weight excluding hydrogens is 328 g/mol. The van der Waals surface area contributed by atoms with Crippen LogP contribution in [0.2, 0.25) is 0 Å². The lowest BCUT2D eigenvalue weighted by Crippen LogP contribution is -2.14. The van der Waals surface area contributed by atoms with Crippen molar-refractivity contribution in [3.05, 3.63) is 90.0 Å². The fourth-order valence-electron chi connectivity index (χ4n) is 2.46. The number of carbonyl (C=O) groups excluding carboxylic acids is 2. The van der Waals surface area contributed by atoms with Crippen molar-refractivity contribution in [1.82, 2.24) is 0 Å². The molecule has 0 heterocycles. The van der Waals surface area contributed by atoms with E-state index in [4.69, 9.17) is 4.74 Å². The van der Waals surface area contributed by atoms with Gasteiger partial charge in [-0.3, -0.25) is 9.59 Å². The summed E-state index contributed by atoms with van der Waals surface area (Å²) in [5.41, 5.74) is 2.13. The normalized spacial score (nSPS) is 10.0. The predicted octanol–water partition coefficient (Wildman–Crippen LogP) is 4.20. The SMILES string of the molecule is COc1ccc(NC(=O)c2ccccc2)cc1NC(=O)c1ccccc1. The molecule has 0 fully saturated rings. The number of hydrogen-bond donors (Lipinski definition) is 2. The summed E-state index contributed by atoms with van der Waals surface area (Å²) < 4.78 is 5.30. The maximum absolute atomic E-state index is 12.4. The van der Waals surface area contributed by atoms with Gasteiger partial charge in [-0.15, -0.1) is 0 Å². The molecule has 0 aliphatic carbocycles. The third-order valence-electron chi connectivity index (χ3n) is 3.78. The molecule has 3 aromatic carbocycles. The van der Waals surface area contributed by atoms with Crippen LogP contribution in [-0.2, 0) is 0 Å². The first-order valence-corrected chi connectivity index (χ1v) is 8.08. The molecule has 2 amide bonds. The fourth-order valence-corrected chi connectivity index (χ4v) is 2.46. The van der Waals surface area contributed by atoms with Crippen LogP contribution in [0, 0.1) is 0 Å². The maximum atomic E-state index is 12.4. The summed E-state index contributed by atoms with van der Waals surface area (Å²) in [7, 11) is 1.52. The number of ether oxygens (including phenoxy) is 1. The van der Waals surface area contributed by atoms with Gasteiger partial charge in [-0.05, 0) is 42.5 Å². The van der Waals surface area contributed by atoms with E-state index in [0.29, 0.717) is 28.3 Å². The zero-order chi connectivity index (χ0) is 18.4. The lowest BCUT2D eigenvalue weighted by Gasteiger charge is -2.13. The third-order valence-corrected chi connectivity index (χ3v) is 3.78. The van der Waals surface area contributed by atoms with Crippen LogP contribution in [0.15, 0.2) is 78.9 Å². The van der Waals surface area contributed by atoms with Gasteiger partial charge in [0.15, 0.2) is 0 Å². The van der Waals surface area contributed by atoms with Gasteiger partial charge in [-0.2, -0.15) is 0 Å². The third kappa shape index (κ3) is 4.08. The van der Waals surface area contributed by atoms with Crippen LogP contribution in [0.3, 0.4) is 0 Å². The first-order valence-electron chi connectivity index (χ1n) is 8.08. The molecule has 0 saturated heterocycles. The Labute approximate surface area is 151 Å². The van der Waals surface area contributed by atoms with E-state index in [-0.39, 0.29) is 11.8 Å². The summed E-state index contributed by atoms with van der Waals surface area (Å²) in [6, 6.07) is 22.9. The van der Waals surface area contributed by atoms with Gasteiger partial charge in [0.25, 0.3) is 11.8 Å². The van der Waals surface area contributed by atoms with E-state index in [2.05, 4.69) is 10.6 Å². The van der Waals surface area contributed by atoms with Crippen LogP contribution < -0.4 is 15.4 Å². The Bertz CT molecular complexity index is 909. The van der Waals surface area contributed by atoms with Crippen LogP contribution in [0.5, 0.6) is 5.75 Å². The zero-order valence-electron chi connectivity index (χ0n) is 14.2. The molecule has 26 heavy (non-hydrogen) atoms. The summed E-state index contributed by atoms with van der Waals surface area (Å²) in [6.45, 7) is 0. The number of benzene rings is 3. The van der Waals surface area contributed by atoms with Gasteiger partial charge in [0, 0.05) is 16.8 Å². The number of nitrogens with one attached hydrogen (secondary N) is 2. The summed E-state index contributed by atoms with van der Waals surface area (Å²) >= 11 is 0. The Morgan fingerprint density at radius 2 is 1.27 bits per heavy atom. The predicted molar refractivity (Wildman–Crippen MR) is 102 cm³/mol. The molecule has 0 radical (unpaired) electrons. The van der Waals surface area contributed by atoms with Crippen molar-refractivity contribution in [2.24, 2.45) is 0 Å². The molecule has 0 aliphatic heterocycles. The minimum Gasteiger partial charge on any atom is -0.495 e. The van der Waals surface area contributed by atoms with E-state index in [9.17, 15) is 9.59 Å². The van der Waals surface area contributed by atoms with Gasteiger partial charge < -0.3 is 15.4 Å². The lowest BCUT2D eigenvalue weighted by atomic mass is 10.2. The quantitative estimate of drug-likeness (QED) is 0.727. The average molecular weight is 346 g/mol. The Kier molecular flexibility index (Phi) is 5.29. The Morgan fingerprint density at radius 3 is 1.81 bits per heavy atom. The first kappa shape index (κ1) is 17.2. The van der Waals surface area contributed by atoms with Crippen LogP contribution >= 0.6 is 0 Å². The average Bonchev–Trinajstić information content (AvgIpc) is 2.69. The molecule has 0 spiro atoms. The highest BCUT2D eigenvalue weighted by Crippen LogP contribution is 2.28. The molecule has 130 valence electrons. The second-order valence-electron chi connectivity index (χ2n) is 5.56. The second kappa shape index (κ2) is 7.98. The summed E-state index contributed by atoms with van der Waals surface area (Å²) in [4.78, 5) is 24.7. The van der Waals surface area contributed by atoms with Gasteiger partial charge >= 0.3 is 0 Å². The minimum atomic E-state index is -0.254. The molecule has 0 unspecified atom stereocenters. The van der Waals surface area contributed by atoms with E-state index < -0.39 is 0 Å². The lowest BCUT2D eigenvalue weighted by molar-refractivity contribution is 0.101. The molecule has 2 N–H and O–H groups in total. The van der Waals surface area contributed by atoms with Crippen LogP contribution in [-0.4, -0.2) is 18.9 Å². The maximum Gasteiger partial charge on any atom is 0.255 e. The molecule has 5 heteroatoms. The Balaban J connectivity index is 1.80. The van der Waals surface area contributed by atoms with E-state index in [1.165, 1.54) is 7.11 Å². The highest BCUT2D eigenvalue weighted by atomic mass is 16.5. The number of carbonyl (C=O) groups is 2. The van der Waals surface area contributed by atoms with Crippen molar-refractivity contribution in [1.29, 1.82) is 0 Å². The summed E-state index contributed by atoms with van der Waals surface area (Å²) in [5.74, 6) is 0.0264. The fraction of sp³-hybridized carbons (Fsp3) is 0.0476. The van der Waals surface area contributed by atoms with Gasteiger partial charge in [-0.1, -0.05) is 36.4 Å². The van der Waals surface area contributed by atoms with Crippen molar-refractivity contribution in [3.63, 3.8) is 0 Å². The van der Waals surface area contributed by atoms with Crippen molar-refractivity contribution in [2.45, 2.75) is 0 Å². The largest absolute Gasteiger partial charge is 0.495 e. The van der Waals surface area contributed by atoms with Crippen LogP contribution in [0.25, 0.3) is 0 Å². The first-order chi connectivity index (χ1) is 12.7. The van der Waals surface area contributed by atoms with Crippen molar-refractivity contribution >= 4 is 23.2 Å². The van der Waals surface area contributed by atoms with Gasteiger partial charge in [0.05, 0.1) is 12.8 Å². The highest BCUT2D eigenvalue weighted by Gasteiger charge is 2.12. The zero-order valence-corrected chi connectivity index (χ0v) is 14.2. The van der Waals surface area contributed by atoms with Crippen molar-refractivity contribution in [2.75, 3.05) is 17.7 Å². The van der Waals surface area contributed by atoms with Crippen LogP contribution in [0.4, 0.5) is 11.4 Å². The molecular formula is C21H18N2O3. The second-order valence-corrected chi connectivity index (χ2v) is 5.56. The Hall–Kier alpha value is -3.60. The molecule has 5 nitrogen and oxygen atoms in total. The van der Waals surface area contributed by atoms with Gasteiger partial charge in [0.2, 0.25) is 0 Å². The highest BCUT2D eigenvalue weighted by molar-refractivity contribution is 6.07. The molecule has 3 aromatic rings. The monoisotopic (exact) mass is 346 g/mol. The molecule has 0 atom stereocenters. The molecule has 0 saturated carbocycles. The van der Waals surface area contributed by atoms with E-state index in [1.807, 2.05) is 12.1 Å². The van der Waals surface area contributed by atoms with Gasteiger partial charge in [-0.25, -0.2) is 0 Å². The molecule has 3 rings (SSSR count). The summed E-state index contributed by atoms with van der Waals surface area (Å²) in [5, 5.41) is 5.63. The molecule has 0 aromatic heterocycles. The van der Waals surface area contributed by atoms with E-state index >= 15 is 0 Å². The van der Waals surface area contributed by atoms with E-state index in [1.54, 1.807) is 66.7 Å². The topological polar surface area (TPSA) is 67.4 Å². The van der Waals surface area contributed by atoms with Gasteiger partial charge in [0.1, 0.15) is 5.75 Å². The number of methoxy groups -OCH3 is 1. The number of rotatable bonds is 5. The molecule has 0 aliphatic rings. The number of amides is 2.